The van der Waals surface area contributed by atoms with Crippen molar-refractivity contribution in [3.63, 3.8) is 0 Å². The van der Waals surface area contributed by atoms with Gasteiger partial charge in [-0.3, -0.25) is 4.90 Å². The average Bonchev–Trinajstić information content (AvgIpc) is 2.54. The van der Waals surface area contributed by atoms with Crippen LogP contribution < -0.4 is 0 Å². The van der Waals surface area contributed by atoms with Gasteiger partial charge in [0.2, 0.25) is 0 Å². The van der Waals surface area contributed by atoms with Crippen LogP contribution in [0.3, 0.4) is 0 Å². The summed E-state index contributed by atoms with van der Waals surface area (Å²) in [7, 11) is 0. The van der Waals surface area contributed by atoms with E-state index in [4.69, 9.17) is 10.2 Å². The minimum Gasteiger partial charge on any atom is -0.396 e. The lowest BCUT2D eigenvalue weighted by atomic mass is 10.1. The van der Waals surface area contributed by atoms with Gasteiger partial charge in [0.1, 0.15) is 0 Å². The first-order valence-electron chi connectivity index (χ1n) is 6.02. The molecular formula is C11H24ClNO4. The van der Waals surface area contributed by atoms with Gasteiger partial charge >= 0.3 is 0 Å². The molecule has 0 bridgehead atoms. The van der Waals surface area contributed by atoms with Crippen LogP contribution in [0.25, 0.3) is 0 Å². The highest BCUT2D eigenvalue weighted by molar-refractivity contribution is 5.85. The molecule has 4 N–H and O–H groups in total. The molecule has 0 spiro atoms. The standard InChI is InChI=1S/C11H23NO4.ClH/c13-6-4-2-1-3-5-12-7-10(15)11(16)9(12)8-14;/h9-11,13-16H,1-8H2;1H/t9-,10+,11+;/m0./s1. The van der Waals surface area contributed by atoms with Gasteiger partial charge in [-0.15, -0.1) is 12.4 Å². The highest BCUT2D eigenvalue weighted by Crippen LogP contribution is 2.19. The van der Waals surface area contributed by atoms with Crippen LogP contribution in [0.15, 0.2) is 0 Å². The topological polar surface area (TPSA) is 84.2 Å². The fourth-order valence-electron chi connectivity index (χ4n) is 2.22. The zero-order valence-corrected chi connectivity index (χ0v) is 10.8. The van der Waals surface area contributed by atoms with Crippen molar-refractivity contribution in [3.8, 4) is 0 Å². The number of aliphatic hydroxyl groups excluding tert-OH is 4. The smallest absolute Gasteiger partial charge is 0.0988 e. The summed E-state index contributed by atoms with van der Waals surface area (Å²) in [6, 6.07) is -0.326. The molecule has 1 fully saturated rings. The summed E-state index contributed by atoms with van der Waals surface area (Å²) in [5, 5.41) is 36.8. The molecule has 0 unspecified atom stereocenters. The molecule has 0 radical (unpaired) electrons. The maximum absolute atomic E-state index is 9.58. The normalized spacial score (nSPS) is 29.3. The highest BCUT2D eigenvalue weighted by atomic mass is 35.5. The van der Waals surface area contributed by atoms with Crippen molar-refractivity contribution < 1.29 is 20.4 Å². The molecule has 1 aliphatic rings. The molecule has 0 amide bonds. The van der Waals surface area contributed by atoms with Crippen LogP contribution in [0, 0.1) is 0 Å². The fraction of sp³-hybridized carbons (Fsp3) is 1.00. The molecule has 1 saturated heterocycles. The van der Waals surface area contributed by atoms with Gasteiger partial charge in [0.15, 0.2) is 0 Å². The summed E-state index contributed by atoms with van der Waals surface area (Å²) in [6.07, 6.45) is 2.25. The number of halogens is 1. The Morgan fingerprint density at radius 1 is 1.00 bits per heavy atom. The van der Waals surface area contributed by atoms with Gasteiger partial charge in [-0.2, -0.15) is 0 Å². The van der Waals surface area contributed by atoms with Crippen LogP contribution in [0.1, 0.15) is 25.7 Å². The molecule has 1 rings (SSSR count). The monoisotopic (exact) mass is 269 g/mol. The third kappa shape index (κ3) is 5.07. The summed E-state index contributed by atoms with van der Waals surface area (Å²) >= 11 is 0. The van der Waals surface area contributed by atoms with Gasteiger partial charge in [-0.1, -0.05) is 12.8 Å². The quantitative estimate of drug-likeness (QED) is 0.462. The van der Waals surface area contributed by atoms with E-state index in [2.05, 4.69) is 0 Å². The molecule has 0 saturated carbocycles. The predicted molar refractivity (Wildman–Crippen MR) is 67.3 cm³/mol. The van der Waals surface area contributed by atoms with Crippen LogP contribution in [-0.2, 0) is 0 Å². The molecule has 1 aliphatic heterocycles. The summed E-state index contributed by atoms with van der Waals surface area (Å²) in [6.45, 7) is 1.34. The Morgan fingerprint density at radius 2 is 1.65 bits per heavy atom. The van der Waals surface area contributed by atoms with E-state index in [1.54, 1.807) is 0 Å². The van der Waals surface area contributed by atoms with Gasteiger partial charge in [-0.05, 0) is 19.4 Å². The maximum Gasteiger partial charge on any atom is 0.0988 e. The van der Waals surface area contributed by atoms with Gasteiger partial charge in [0.05, 0.1) is 24.9 Å². The van der Waals surface area contributed by atoms with Gasteiger partial charge in [-0.25, -0.2) is 0 Å². The molecule has 0 aliphatic carbocycles. The average molecular weight is 270 g/mol. The molecule has 1 heterocycles. The summed E-state index contributed by atoms with van der Waals surface area (Å²) in [5.74, 6) is 0. The van der Waals surface area contributed by atoms with Crippen molar-refractivity contribution in [1.29, 1.82) is 0 Å². The number of aliphatic hydroxyl groups is 4. The Morgan fingerprint density at radius 3 is 2.24 bits per heavy atom. The summed E-state index contributed by atoms with van der Waals surface area (Å²) in [4.78, 5) is 1.94. The Balaban J connectivity index is 0.00000256. The number of hydrogen-bond acceptors (Lipinski definition) is 5. The molecule has 0 aromatic heterocycles. The SMILES string of the molecule is Cl.OCCCCCCN1C[C@@H](O)[C@H](O)[C@@H]1CO. The number of likely N-dealkylation sites (tertiary alicyclic amines) is 1. The Kier molecular flexibility index (Phi) is 9.13. The molecule has 3 atom stereocenters. The number of β-amino-alcohol motifs (C(OH)–C–C–N with tert-alkyl or cyclic N) is 1. The second kappa shape index (κ2) is 9.08. The first-order valence-corrected chi connectivity index (χ1v) is 6.02. The van der Waals surface area contributed by atoms with E-state index < -0.39 is 12.2 Å². The zero-order chi connectivity index (χ0) is 12.0. The third-order valence-corrected chi connectivity index (χ3v) is 3.22. The summed E-state index contributed by atoms with van der Waals surface area (Å²) < 4.78 is 0. The van der Waals surface area contributed by atoms with Crippen molar-refractivity contribution in [1.82, 2.24) is 4.90 Å². The largest absolute Gasteiger partial charge is 0.396 e. The zero-order valence-electron chi connectivity index (χ0n) is 10.0. The van der Waals surface area contributed by atoms with E-state index >= 15 is 0 Å². The van der Waals surface area contributed by atoms with Crippen LogP contribution in [0.2, 0.25) is 0 Å². The number of rotatable bonds is 7. The molecule has 6 heteroatoms. The fourth-order valence-corrected chi connectivity index (χ4v) is 2.22. The van der Waals surface area contributed by atoms with Crippen LogP contribution in [0.4, 0.5) is 0 Å². The van der Waals surface area contributed by atoms with Crippen LogP contribution in [-0.4, -0.2) is 69.9 Å². The molecule has 104 valence electrons. The van der Waals surface area contributed by atoms with Crippen molar-refractivity contribution >= 4 is 12.4 Å². The third-order valence-electron chi connectivity index (χ3n) is 3.22. The second-order valence-electron chi connectivity index (χ2n) is 4.44. The highest BCUT2D eigenvalue weighted by Gasteiger charge is 2.38. The molecule has 0 aromatic carbocycles. The minimum absolute atomic E-state index is 0. The van der Waals surface area contributed by atoms with Crippen molar-refractivity contribution in [2.45, 2.75) is 43.9 Å². The van der Waals surface area contributed by atoms with E-state index in [-0.39, 0.29) is 31.7 Å². The minimum atomic E-state index is -0.831. The molecular weight excluding hydrogens is 246 g/mol. The van der Waals surface area contributed by atoms with E-state index in [0.29, 0.717) is 6.54 Å². The molecule has 0 aromatic rings. The van der Waals surface area contributed by atoms with Crippen molar-refractivity contribution in [3.05, 3.63) is 0 Å². The number of nitrogens with zero attached hydrogens (tertiary/aromatic N) is 1. The Bertz CT molecular complexity index is 196. The van der Waals surface area contributed by atoms with E-state index in [1.807, 2.05) is 4.90 Å². The first kappa shape index (κ1) is 17.1. The lowest BCUT2D eigenvalue weighted by molar-refractivity contribution is 0.0216. The van der Waals surface area contributed by atoms with Gasteiger partial charge < -0.3 is 20.4 Å². The maximum atomic E-state index is 9.58. The predicted octanol–water partition coefficient (Wildman–Crippen LogP) is -0.641. The van der Waals surface area contributed by atoms with E-state index in [1.165, 1.54) is 0 Å². The molecule has 5 nitrogen and oxygen atoms in total. The lowest BCUT2D eigenvalue weighted by Gasteiger charge is -2.23. The Labute approximate surface area is 108 Å². The molecule has 17 heavy (non-hydrogen) atoms. The first-order chi connectivity index (χ1) is 7.70. The van der Waals surface area contributed by atoms with Crippen molar-refractivity contribution in [2.24, 2.45) is 0 Å². The Hall–Kier alpha value is 0.0900. The number of unbranched alkanes of at least 4 members (excludes halogenated alkanes) is 3. The van der Waals surface area contributed by atoms with Gasteiger partial charge in [0.25, 0.3) is 0 Å². The van der Waals surface area contributed by atoms with E-state index in [9.17, 15) is 10.2 Å². The lowest BCUT2D eigenvalue weighted by Crippen LogP contribution is -2.39. The second-order valence-corrected chi connectivity index (χ2v) is 4.44. The van der Waals surface area contributed by atoms with Crippen molar-refractivity contribution in [2.75, 3.05) is 26.3 Å². The summed E-state index contributed by atoms with van der Waals surface area (Å²) in [5.41, 5.74) is 0. The van der Waals surface area contributed by atoms with Crippen LogP contribution in [0.5, 0.6) is 0 Å². The van der Waals surface area contributed by atoms with Gasteiger partial charge in [0, 0.05) is 13.2 Å². The van der Waals surface area contributed by atoms with Crippen LogP contribution >= 0.6 is 12.4 Å². The van der Waals surface area contributed by atoms with E-state index in [0.717, 1.165) is 32.2 Å². The number of hydrogen-bond donors (Lipinski definition) is 4.